The fraction of sp³-hybridized carbons (Fsp3) is 0.303. The highest BCUT2D eigenvalue weighted by molar-refractivity contribution is 5.91. The SMILES string of the molecule is COC(=O)[C@@H]1[C@H](c2ccccc2)C[C@@H](C=C(C)C)N1C(=O)[C@H](Cc1ccccc1)NC(=O)OCc1ccccc1. The summed E-state index contributed by atoms with van der Waals surface area (Å²) < 4.78 is 10.7. The normalized spacial score (nSPS) is 18.9. The van der Waals surface area contributed by atoms with E-state index < -0.39 is 24.1 Å². The first kappa shape index (κ1) is 28.6. The number of likely N-dealkylation sites (tertiary alicyclic amines) is 1. The average Bonchev–Trinajstić information content (AvgIpc) is 3.34. The number of nitrogens with zero attached hydrogens (tertiary/aromatic N) is 1. The number of allylic oxidation sites excluding steroid dienone is 1. The summed E-state index contributed by atoms with van der Waals surface area (Å²) in [5, 5.41) is 2.79. The number of esters is 1. The van der Waals surface area contributed by atoms with Crippen LogP contribution in [0.1, 0.15) is 42.9 Å². The van der Waals surface area contributed by atoms with Gasteiger partial charge in [0.1, 0.15) is 18.7 Å². The predicted octanol–water partition coefficient (Wildman–Crippen LogP) is 5.42. The van der Waals surface area contributed by atoms with Crippen molar-refractivity contribution in [2.24, 2.45) is 0 Å². The molecular weight excluding hydrogens is 504 g/mol. The molecule has 7 nitrogen and oxygen atoms in total. The zero-order valence-electron chi connectivity index (χ0n) is 23.2. The van der Waals surface area contributed by atoms with Gasteiger partial charge >= 0.3 is 12.1 Å². The predicted molar refractivity (Wildman–Crippen MR) is 153 cm³/mol. The molecule has 3 aromatic carbocycles. The van der Waals surface area contributed by atoms with Crippen LogP contribution in [0.3, 0.4) is 0 Å². The second-order valence-corrected chi connectivity index (χ2v) is 10.2. The first-order valence-corrected chi connectivity index (χ1v) is 13.5. The number of ether oxygens (including phenoxy) is 2. The molecule has 0 unspecified atom stereocenters. The Hall–Kier alpha value is -4.39. The molecule has 40 heavy (non-hydrogen) atoms. The fourth-order valence-electron chi connectivity index (χ4n) is 5.29. The summed E-state index contributed by atoms with van der Waals surface area (Å²) in [4.78, 5) is 42.2. The third kappa shape index (κ3) is 7.17. The second kappa shape index (κ2) is 13.6. The number of carbonyl (C=O) groups excluding carboxylic acids is 3. The van der Waals surface area contributed by atoms with Gasteiger partial charge in [0.05, 0.1) is 13.2 Å². The molecule has 3 aromatic rings. The Morgan fingerprint density at radius 1 is 0.900 bits per heavy atom. The minimum absolute atomic E-state index is 0.0733. The van der Waals surface area contributed by atoms with E-state index in [1.807, 2.05) is 111 Å². The lowest BCUT2D eigenvalue weighted by atomic mass is 9.90. The lowest BCUT2D eigenvalue weighted by Crippen LogP contribution is -2.55. The van der Waals surface area contributed by atoms with E-state index >= 15 is 0 Å². The molecule has 1 N–H and O–H groups in total. The van der Waals surface area contributed by atoms with Crippen LogP contribution >= 0.6 is 0 Å². The lowest BCUT2D eigenvalue weighted by Gasteiger charge is -2.32. The van der Waals surface area contributed by atoms with Gasteiger partial charge in [0, 0.05) is 12.3 Å². The molecule has 1 heterocycles. The third-order valence-electron chi connectivity index (χ3n) is 7.07. The number of hydrogen-bond acceptors (Lipinski definition) is 5. The molecule has 0 radical (unpaired) electrons. The van der Waals surface area contributed by atoms with E-state index in [-0.39, 0.29) is 30.9 Å². The quantitative estimate of drug-likeness (QED) is 0.290. The highest BCUT2D eigenvalue weighted by Gasteiger charge is 2.49. The van der Waals surface area contributed by atoms with Gasteiger partial charge in [-0.3, -0.25) is 4.79 Å². The zero-order valence-corrected chi connectivity index (χ0v) is 23.2. The molecule has 0 aromatic heterocycles. The summed E-state index contributed by atoms with van der Waals surface area (Å²) in [5.74, 6) is -1.12. The van der Waals surface area contributed by atoms with Crippen LogP contribution in [0.15, 0.2) is 103 Å². The summed E-state index contributed by atoms with van der Waals surface area (Å²) in [5.41, 5.74) is 3.68. The van der Waals surface area contributed by atoms with Crippen molar-refractivity contribution >= 4 is 18.0 Å². The number of carbonyl (C=O) groups is 3. The summed E-state index contributed by atoms with van der Waals surface area (Å²) in [7, 11) is 1.34. The van der Waals surface area contributed by atoms with Gasteiger partial charge in [0.2, 0.25) is 5.91 Å². The van der Waals surface area contributed by atoms with Crippen LogP contribution in [0.25, 0.3) is 0 Å². The maximum Gasteiger partial charge on any atom is 0.408 e. The Kier molecular flexibility index (Phi) is 9.73. The molecular formula is C33H36N2O5. The van der Waals surface area contributed by atoms with Crippen LogP contribution < -0.4 is 5.32 Å². The summed E-state index contributed by atoms with van der Waals surface area (Å²) in [6, 6.07) is 26.3. The second-order valence-electron chi connectivity index (χ2n) is 10.2. The van der Waals surface area contributed by atoms with Crippen molar-refractivity contribution in [2.75, 3.05) is 7.11 Å². The van der Waals surface area contributed by atoms with Crippen molar-refractivity contribution in [2.45, 2.75) is 57.3 Å². The molecule has 2 amide bonds. The highest BCUT2D eigenvalue weighted by atomic mass is 16.5. The van der Waals surface area contributed by atoms with Gasteiger partial charge in [-0.05, 0) is 37.0 Å². The standard InChI is InChI=1S/C33H36N2O5/c1-23(2)19-27-21-28(26-17-11-6-12-18-26)30(32(37)39-3)35(27)31(36)29(20-24-13-7-4-8-14-24)34-33(38)40-22-25-15-9-5-10-16-25/h4-19,27-30H,20-22H2,1-3H3,(H,34,38)/t27-,28+,29+,30+/m1/s1. The summed E-state index contributed by atoms with van der Waals surface area (Å²) in [6.45, 7) is 4.00. The Morgan fingerprint density at radius 3 is 2.05 bits per heavy atom. The molecule has 0 aliphatic carbocycles. The van der Waals surface area contributed by atoms with Gasteiger partial charge in [0.15, 0.2) is 0 Å². The van der Waals surface area contributed by atoms with Crippen LogP contribution in [0.5, 0.6) is 0 Å². The van der Waals surface area contributed by atoms with Crippen LogP contribution in [-0.4, -0.2) is 48.1 Å². The number of rotatable bonds is 9. The topological polar surface area (TPSA) is 84.9 Å². The minimum Gasteiger partial charge on any atom is -0.467 e. The summed E-state index contributed by atoms with van der Waals surface area (Å²) in [6.07, 6.45) is 2.09. The Balaban J connectivity index is 1.66. The maximum atomic E-state index is 14.4. The van der Waals surface area contributed by atoms with E-state index in [4.69, 9.17) is 9.47 Å². The maximum absolute atomic E-state index is 14.4. The van der Waals surface area contributed by atoms with Crippen LogP contribution in [-0.2, 0) is 32.1 Å². The van der Waals surface area contributed by atoms with E-state index in [9.17, 15) is 14.4 Å². The lowest BCUT2D eigenvalue weighted by molar-refractivity contribution is -0.153. The Labute approximate surface area is 235 Å². The van der Waals surface area contributed by atoms with Gasteiger partial charge < -0.3 is 19.7 Å². The van der Waals surface area contributed by atoms with Gasteiger partial charge in [-0.15, -0.1) is 0 Å². The third-order valence-corrected chi connectivity index (χ3v) is 7.07. The van der Waals surface area contributed by atoms with Gasteiger partial charge in [-0.2, -0.15) is 0 Å². The van der Waals surface area contributed by atoms with Gasteiger partial charge in [-0.25, -0.2) is 9.59 Å². The Morgan fingerprint density at radius 2 is 1.48 bits per heavy atom. The molecule has 0 spiro atoms. The van der Waals surface area contributed by atoms with E-state index in [2.05, 4.69) is 5.32 Å². The van der Waals surface area contributed by atoms with Crippen molar-refractivity contribution < 1.29 is 23.9 Å². The van der Waals surface area contributed by atoms with Crippen molar-refractivity contribution in [3.63, 3.8) is 0 Å². The molecule has 4 atom stereocenters. The van der Waals surface area contributed by atoms with Crippen molar-refractivity contribution in [3.05, 3.63) is 119 Å². The van der Waals surface area contributed by atoms with Gasteiger partial charge in [-0.1, -0.05) is 103 Å². The molecule has 208 valence electrons. The van der Waals surface area contributed by atoms with Crippen molar-refractivity contribution in [1.82, 2.24) is 10.2 Å². The molecule has 0 saturated carbocycles. The van der Waals surface area contributed by atoms with E-state index in [0.717, 1.165) is 22.3 Å². The molecule has 1 fully saturated rings. The van der Waals surface area contributed by atoms with E-state index in [0.29, 0.717) is 6.42 Å². The number of alkyl carbamates (subject to hydrolysis) is 1. The first-order chi connectivity index (χ1) is 19.4. The molecule has 4 rings (SSSR count). The summed E-state index contributed by atoms with van der Waals surface area (Å²) >= 11 is 0. The fourth-order valence-corrected chi connectivity index (χ4v) is 5.29. The van der Waals surface area contributed by atoms with Crippen molar-refractivity contribution in [3.8, 4) is 0 Å². The number of hydrogen-bond donors (Lipinski definition) is 1. The number of methoxy groups -OCH3 is 1. The van der Waals surface area contributed by atoms with Gasteiger partial charge in [0.25, 0.3) is 0 Å². The average molecular weight is 541 g/mol. The van der Waals surface area contributed by atoms with Crippen molar-refractivity contribution in [1.29, 1.82) is 0 Å². The minimum atomic E-state index is -0.958. The molecule has 7 heteroatoms. The number of amides is 2. The van der Waals surface area contributed by atoms with Crippen LogP contribution in [0.2, 0.25) is 0 Å². The molecule has 1 saturated heterocycles. The van der Waals surface area contributed by atoms with Crippen LogP contribution in [0.4, 0.5) is 4.79 Å². The van der Waals surface area contributed by atoms with E-state index in [1.165, 1.54) is 7.11 Å². The number of benzene rings is 3. The van der Waals surface area contributed by atoms with Crippen LogP contribution in [0, 0.1) is 0 Å². The zero-order chi connectivity index (χ0) is 28.5. The first-order valence-electron chi connectivity index (χ1n) is 13.5. The molecule has 1 aliphatic rings. The smallest absolute Gasteiger partial charge is 0.408 e. The molecule has 0 bridgehead atoms. The monoisotopic (exact) mass is 540 g/mol. The highest BCUT2D eigenvalue weighted by Crippen LogP contribution is 2.39. The largest absolute Gasteiger partial charge is 0.467 e. The van der Waals surface area contributed by atoms with E-state index in [1.54, 1.807) is 4.90 Å². The Bertz CT molecular complexity index is 1310. The molecule has 1 aliphatic heterocycles. The number of nitrogens with one attached hydrogen (secondary N) is 1.